The van der Waals surface area contributed by atoms with E-state index in [-0.39, 0.29) is 0 Å². The van der Waals surface area contributed by atoms with E-state index in [4.69, 9.17) is 15.9 Å². The Morgan fingerprint density at radius 1 is 1.00 bits per heavy atom. The van der Waals surface area contributed by atoms with Gasteiger partial charge in [0.05, 0.1) is 11.3 Å². The summed E-state index contributed by atoms with van der Waals surface area (Å²) in [5.74, 6) is 2.44. The summed E-state index contributed by atoms with van der Waals surface area (Å²) < 4.78 is 5.89. The SMILES string of the molecule is CN1CC2(CC(N3CCC(Nc4ncnc(N)c4C(=N)c4ccc(Oc5ccccc5)cc4)CC3)C2)C1. The number of nitrogen functional groups attached to an aromatic ring is 1. The molecule has 0 atom stereocenters. The molecule has 192 valence electrons. The van der Waals surface area contributed by atoms with Gasteiger partial charge in [-0.25, -0.2) is 9.97 Å². The number of hydrogen-bond acceptors (Lipinski definition) is 8. The van der Waals surface area contributed by atoms with Crippen LogP contribution >= 0.6 is 0 Å². The van der Waals surface area contributed by atoms with Crippen molar-refractivity contribution in [2.75, 3.05) is 44.3 Å². The van der Waals surface area contributed by atoms with Crippen LogP contribution in [0.15, 0.2) is 60.9 Å². The Bertz CT molecular complexity index is 1240. The minimum atomic E-state index is 0.300. The molecule has 3 aliphatic rings. The molecule has 2 saturated heterocycles. The predicted octanol–water partition coefficient (Wildman–Crippen LogP) is 4.24. The molecule has 37 heavy (non-hydrogen) atoms. The molecule has 6 rings (SSSR count). The number of nitrogens with one attached hydrogen (secondary N) is 2. The summed E-state index contributed by atoms with van der Waals surface area (Å²) in [6.45, 7) is 4.75. The molecule has 1 spiro atoms. The van der Waals surface area contributed by atoms with E-state index >= 15 is 0 Å². The minimum Gasteiger partial charge on any atom is -0.457 e. The number of para-hydroxylation sites is 1. The van der Waals surface area contributed by atoms with E-state index in [0.29, 0.717) is 40.1 Å². The van der Waals surface area contributed by atoms with Crippen molar-refractivity contribution in [2.45, 2.75) is 37.8 Å². The van der Waals surface area contributed by atoms with E-state index in [1.807, 2.05) is 54.6 Å². The molecule has 2 aliphatic heterocycles. The highest BCUT2D eigenvalue weighted by Crippen LogP contribution is 2.50. The molecule has 8 nitrogen and oxygen atoms in total. The third-order valence-corrected chi connectivity index (χ3v) is 8.18. The second-order valence-corrected chi connectivity index (χ2v) is 11.0. The van der Waals surface area contributed by atoms with Crippen molar-refractivity contribution in [3.8, 4) is 11.5 Å². The molecule has 8 heteroatoms. The number of benzene rings is 2. The van der Waals surface area contributed by atoms with Gasteiger partial charge in [-0.15, -0.1) is 0 Å². The first-order valence-electron chi connectivity index (χ1n) is 13.2. The summed E-state index contributed by atoms with van der Waals surface area (Å²) in [6.07, 6.45) is 6.31. The van der Waals surface area contributed by atoms with Crippen molar-refractivity contribution in [3.05, 3.63) is 72.1 Å². The van der Waals surface area contributed by atoms with Crippen LogP contribution in [0.1, 0.15) is 36.8 Å². The maximum absolute atomic E-state index is 8.90. The third-order valence-electron chi connectivity index (χ3n) is 8.18. The Morgan fingerprint density at radius 2 is 1.68 bits per heavy atom. The minimum absolute atomic E-state index is 0.300. The fourth-order valence-electron chi connectivity index (χ4n) is 6.37. The van der Waals surface area contributed by atoms with Crippen molar-refractivity contribution in [1.82, 2.24) is 19.8 Å². The van der Waals surface area contributed by atoms with Gasteiger partial charge in [-0.1, -0.05) is 18.2 Å². The van der Waals surface area contributed by atoms with Crippen LogP contribution in [0.3, 0.4) is 0 Å². The topological polar surface area (TPSA) is 103 Å². The lowest BCUT2D eigenvalue weighted by Gasteiger charge is -2.61. The van der Waals surface area contributed by atoms with E-state index in [0.717, 1.165) is 43.3 Å². The number of likely N-dealkylation sites (tertiary alicyclic amines) is 2. The molecule has 3 aromatic rings. The molecule has 0 bridgehead atoms. The number of hydrogen-bond donors (Lipinski definition) is 3. The number of aromatic nitrogens is 2. The number of nitrogens with zero attached hydrogens (tertiary/aromatic N) is 4. The highest BCUT2D eigenvalue weighted by atomic mass is 16.5. The Kier molecular flexibility index (Phi) is 6.30. The van der Waals surface area contributed by atoms with Crippen LogP contribution < -0.4 is 15.8 Å². The fraction of sp³-hybridized carbons (Fsp3) is 0.414. The third kappa shape index (κ3) is 4.91. The molecule has 0 radical (unpaired) electrons. The number of nitrogens with two attached hydrogens (primary N) is 1. The monoisotopic (exact) mass is 497 g/mol. The van der Waals surface area contributed by atoms with E-state index in [9.17, 15) is 0 Å². The van der Waals surface area contributed by atoms with Crippen LogP contribution in [0, 0.1) is 10.8 Å². The van der Waals surface area contributed by atoms with Crippen LogP contribution in [0.5, 0.6) is 11.5 Å². The highest BCUT2D eigenvalue weighted by Gasteiger charge is 2.52. The normalized spacial score (nSPS) is 20.2. The first-order chi connectivity index (χ1) is 18.0. The van der Waals surface area contributed by atoms with Crippen LogP contribution in [0.2, 0.25) is 0 Å². The van der Waals surface area contributed by atoms with Crippen molar-refractivity contribution in [1.29, 1.82) is 5.41 Å². The van der Waals surface area contributed by atoms with Gasteiger partial charge in [-0.2, -0.15) is 0 Å². The quantitative estimate of drug-likeness (QED) is 0.420. The summed E-state index contributed by atoms with van der Waals surface area (Å²) in [5, 5.41) is 12.5. The first-order valence-corrected chi connectivity index (χ1v) is 13.2. The molecule has 0 unspecified atom stereocenters. The second-order valence-electron chi connectivity index (χ2n) is 11.0. The van der Waals surface area contributed by atoms with E-state index in [1.54, 1.807) is 0 Å². The lowest BCUT2D eigenvalue weighted by Crippen LogP contribution is -2.66. The molecule has 1 aliphatic carbocycles. The van der Waals surface area contributed by atoms with Gasteiger partial charge in [0, 0.05) is 43.8 Å². The van der Waals surface area contributed by atoms with Gasteiger partial charge in [0.25, 0.3) is 0 Å². The van der Waals surface area contributed by atoms with Gasteiger partial charge in [0.2, 0.25) is 0 Å². The molecule has 4 N–H and O–H groups in total. The van der Waals surface area contributed by atoms with E-state index < -0.39 is 0 Å². The van der Waals surface area contributed by atoms with Crippen LogP contribution in [0.25, 0.3) is 0 Å². The van der Waals surface area contributed by atoms with Crippen molar-refractivity contribution >= 4 is 17.3 Å². The van der Waals surface area contributed by atoms with Gasteiger partial charge in [-0.3, -0.25) is 5.41 Å². The van der Waals surface area contributed by atoms with Gasteiger partial charge in [-0.05, 0) is 74.5 Å². The zero-order chi connectivity index (χ0) is 25.4. The van der Waals surface area contributed by atoms with Crippen LogP contribution in [0.4, 0.5) is 11.6 Å². The van der Waals surface area contributed by atoms with Crippen molar-refractivity contribution in [2.24, 2.45) is 5.41 Å². The average Bonchev–Trinajstić information content (AvgIpc) is 2.87. The molecule has 0 amide bonds. The molecule has 1 aromatic heterocycles. The number of ether oxygens (including phenoxy) is 1. The van der Waals surface area contributed by atoms with E-state index in [1.165, 1.54) is 32.3 Å². The number of anilines is 2. The summed E-state index contributed by atoms with van der Waals surface area (Å²) >= 11 is 0. The molecule has 3 heterocycles. The fourth-order valence-corrected chi connectivity index (χ4v) is 6.37. The zero-order valence-corrected chi connectivity index (χ0v) is 21.4. The number of rotatable bonds is 7. The van der Waals surface area contributed by atoms with Gasteiger partial charge in [0.1, 0.15) is 29.5 Å². The molecular formula is C29H35N7O. The molecule has 3 fully saturated rings. The molecule has 1 saturated carbocycles. The average molecular weight is 498 g/mol. The predicted molar refractivity (Wildman–Crippen MR) is 147 cm³/mol. The maximum Gasteiger partial charge on any atom is 0.141 e. The maximum atomic E-state index is 8.90. The lowest BCUT2D eigenvalue weighted by atomic mass is 9.60. The summed E-state index contributed by atoms with van der Waals surface area (Å²) in [6, 6.07) is 18.2. The van der Waals surface area contributed by atoms with Crippen molar-refractivity contribution < 1.29 is 4.74 Å². The summed E-state index contributed by atoms with van der Waals surface area (Å²) in [5.41, 5.74) is 8.48. The van der Waals surface area contributed by atoms with Gasteiger partial charge >= 0.3 is 0 Å². The Morgan fingerprint density at radius 3 is 2.35 bits per heavy atom. The summed E-state index contributed by atoms with van der Waals surface area (Å²) in [7, 11) is 2.22. The van der Waals surface area contributed by atoms with E-state index in [2.05, 4.69) is 32.1 Å². The van der Waals surface area contributed by atoms with Crippen LogP contribution in [-0.2, 0) is 0 Å². The van der Waals surface area contributed by atoms with Gasteiger partial charge < -0.3 is 25.6 Å². The Balaban J connectivity index is 1.08. The second kappa shape index (κ2) is 9.76. The van der Waals surface area contributed by atoms with Crippen molar-refractivity contribution in [3.63, 3.8) is 0 Å². The first kappa shape index (κ1) is 23.9. The smallest absolute Gasteiger partial charge is 0.141 e. The zero-order valence-electron chi connectivity index (χ0n) is 21.4. The molecule has 2 aromatic carbocycles. The molecular weight excluding hydrogens is 462 g/mol. The summed E-state index contributed by atoms with van der Waals surface area (Å²) in [4.78, 5) is 13.8. The number of piperidine rings is 1. The van der Waals surface area contributed by atoms with Crippen LogP contribution in [-0.4, -0.2) is 70.8 Å². The van der Waals surface area contributed by atoms with Gasteiger partial charge in [0.15, 0.2) is 0 Å². The lowest BCUT2D eigenvalue weighted by molar-refractivity contribution is -0.102. The largest absolute Gasteiger partial charge is 0.457 e. The Hall–Kier alpha value is -3.49. The standard InChI is InChI=1S/C29H35N7O/c1-35-17-29(18-35)15-22(16-29)36-13-11-21(12-14-36)34-28-25(27(31)32-19-33-28)26(30)20-7-9-24(10-8-20)37-23-5-3-2-4-6-23/h2-10,19,21-22,30H,11-18H2,1H3,(H3,31,32,33,34). The Labute approximate surface area is 218 Å². The highest BCUT2D eigenvalue weighted by molar-refractivity contribution is 6.16.